The van der Waals surface area contributed by atoms with Crippen LogP contribution in [-0.2, 0) is 27.3 Å². The molecule has 0 radical (unpaired) electrons. The Kier molecular flexibility index (Phi) is 6.30. The van der Waals surface area contributed by atoms with E-state index in [1.165, 1.54) is 11.1 Å². The molecule has 3 rings (SSSR count). The Bertz CT molecular complexity index is 846. The van der Waals surface area contributed by atoms with Crippen molar-refractivity contribution in [1.29, 1.82) is 0 Å². The number of carbonyl (C=O) groups excluding carboxylic acids is 2. The number of benzene rings is 2. The number of nitrogens with zero attached hydrogens (tertiary/aromatic N) is 1. The van der Waals surface area contributed by atoms with Crippen molar-refractivity contribution in [3.05, 3.63) is 70.8 Å². The molecule has 1 aliphatic heterocycles. The minimum absolute atomic E-state index is 0.00441. The highest BCUT2D eigenvalue weighted by Crippen LogP contribution is 2.34. The first-order valence-corrected chi connectivity index (χ1v) is 9.97. The lowest BCUT2D eigenvalue weighted by atomic mass is 9.73. The average molecular weight is 380 g/mol. The maximum Gasteiger partial charge on any atom is 0.321 e. The molecule has 4 nitrogen and oxygen atoms in total. The number of aryl methyl sites for hydroxylation is 2. The Morgan fingerprint density at radius 2 is 1.89 bits per heavy atom. The second-order valence-corrected chi connectivity index (χ2v) is 7.78. The molecular formula is C24H29NO3. The molecule has 2 aromatic carbocycles. The summed E-state index contributed by atoms with van der Waals surface area (Å²) < 4.78 is 5.40. The van der Waals surface area contributed by atoms with Crippen LogP contribution >= 0.6 is 0 Å². The maximum absolute atomic E-state index is 13.1. The first-order chi connectivity index (χ1) is 13.4. The third-order valence-corrected chi connectivity index (χ3v) is 5.59. The van der Waals surface area contributed by atoms with Crippen LogP contribution in [0.25, 0.3) is 0 Å². The third kappa shape index (κ3) is 4.33. The summed E-state index contributed by atoms with van der Waals surface area (Å²) in [4.78, 5) is 28.3. The summed E-state index contributed by atoms with van der Waals surface area (Å²) >= 11 is 0. The van der Waals surface area contributed by atoms with Crippen molar-refractivity contribution in [3.8, 4) is 0 Å². The second-order valence-electron chi connectivity index (χ2n) is 7.78. The molecule has 0 spiro atoms. The number of ether oxygens (including phenoxy) is 1. The summed E-state index contributed by atoms with van der Waals surface area (Å²) in [5, 5.41) is 0. The predicted octanol–water partition coefficient (Wildman–Crippen LogP) is 3.87. The van der Waals surface area contributed by atoms with E-state index in [1.807, 2.05) is 44.2 Å². The largest absolute Gasteiger partial charge is 0.465 e. The van der Waals surface area contributed by atoms with Crippen molar-refractivity contribution in [2.75, 3.05) is 19.7 Å². The van der Waals surface area contributed by atoms with Crippen LogP contribution in [0.4, 0.5) is 0 Å². The van der Waals surface area contributed by atoms with E-state index in [4.69, 9.17) is 4.74 Å². The Hall–Kier alpha value is -2.46. The van der Waals surface area contributed by atoms with E-state index in [0.29, 0.717) is 25.9 Å². The molecule has 0 amide bonds. The molecule has 1 unspecified atom stereocenters. The lowest BCUT2D eigenvalue weighted by Gasteiger charge is -2.40. The number of piperidine rings is 1. The van der Waals surface area contributed by atoms with Gasteiger partial charge in [-0.05, 0) is 43.9 Å². The van der Waals surface area contributed by atoms with E-state index in [0.717, 1.165) is 17.7 Å². The number of likely N-dealkylation sites (tertiary alicyclic amines) is 1. The van der Waals surface area contributed by atoms with Crippen molar-refractivity contribution in [2.24, 2.45) is 5.41 Å². The lowest BCUT2D eigenvalue weighted by Crippen LogP contribution is -2.55. The molecule has 2 aromatic rings. The van der Waals surface area contributed by atoms with E-state index >= 15 is 0 Å². The van der Waals surface area contributed by atoms with E-state index in [-0.39, 0.29) is 12.4 Å². The van der Waals surface area contributed by atoms with Gasteiger partial charge in [0, 0.05) is 26.1 Å². The number of hydrogen-bond acceptors (Lipinski definition) is 4. The smallest absolute Gasteiger partial charge is 0.321 e. The second kappa shape index (κ2) is 8.70. The molecule has 0 bridgehead atoms. The highest BCUT2D eigenvalue weighted by molar-refractivity contribution is 6.05. The predicted molar refractivity (Wildman–Crippen MR) is 110 cm³/mol. The van der Waals surface area contributed by atoms with Gasteiger partial charge in [0.15, 0.2) is 5.78 Å². The van der Waals surface area contributed by atoms with Crippen molar-refractivity contribution in [1.82, 2.24) is 4.90 Å². The Morgan fingerprint density at radius 1 is 1.14 bits per heavy atom. The summed E-state index contributed by atoms with van der Waals surface area (Å²) in [5.41, 5.74) is 3.36. The summed E-state index contributed by atoms with van der Waals surface area (Å²) in [5.74, 6) is -0.395. The van der Waals surface area contributed by atoms with E-state index in [2.05, 4.69) is 23.1 Å². The molecule has 0 N–H and O–H groups in total. The van der Waals surface area contributed by atoms with Crippen molar-refractivity contribution in [3.63, 3.8) is 0 Å². The first-order valence-electron chi connectivity index (χ1n) is 9.97. The van der Waals surface area contributed by atoms with E-state index < -0.39 is 11.4 Å². The number of ketones is 1. The van der Waals surface area contributed by atoms with Crippen molar-refractivity contribution < 1.29 is 14.3 Å². The van der Waals surface area contributed by atoms with Crippen LogP contribution in [0.1, 0.15) is 35.6 Å². The molecule has 0 aliphatic carbocycles. The lowest BCUT2D eigenvalue weighted by molar-refractivity contribution is -0.164. The van der Waals surface area contributed by atoms with Crippen molar-refractivity contribution in [2.45, 2.75) is 40.2 Å². The molecule has 148 valence electrons. The molecular weight excluding hydrogens is 350 g/mol. The summed E-state index contributed by atoms with van der Waals surface area (Å²) in [6.45, 7) is 7.94. The minimum Gasteiger partial charge on any atom is -0.465 e. The highest BCUT2D eigenvalue weighted by Gasteiger charge is 2.50. The highest BCUT2D eigenvalue weighted by atomic mass is 16.5. The van der Waals surface area contributed by atoms with Gasteiger partial charge in [-0.25, -0.2) is 0 Å². The number of esters is 1. The number of hydrogen-bond donors (Lipinski definition) is 0. The monoisotopic (exact) mass is 379 g/mol. The quantitative estimate of drug-likeness (QED) is 0.565. The zero-order valence-electron chi connectivity index (χ0n) is 17.0. The third-order valence-electron chi connectivity index (χ3n) is 5.59. The standard InChI is InChI=1S/C24H29NO3/c1-4-28-23(27)24(15-21-11-10-18(2)14-19(21)3)17-25(13-12-22(24)26)16-20-8-6-5-7-9-20/h5-11,14H,4,12-13,15-17H2,1-3H3. The molecule has 4 heteroatoms. The van der Waals surface area contributed by atoms with E-state index in [1.54, 1.807) is 6.92 Å². The fourth-order valence-corrected chi connectivity index (χ4v) is 4.07. The van der Waals surface area contributed by atoms with Gasteiger partial charge in [0.05, 0.1) is 6.61 Å². The summed E-state index contributed by atoms with van der Waals surface area (Å²) in [6.07, 6.45) is 0.763. The molecule has 28 heavy (non-hydrogen) atoms. The van der Waals surface area contributed by atoms with Gasteiger partial charge in [-0.1, -0.05) is 54.1 Å². The van der Waals surface area contributed by atoms with Gasteiger partial charge in [-0.3, -0.25) is 14.5 Å². The van der Waals surface area contributed by atoms with Gasteiger partial charge < -0.3 is 4.74 Å². The molecule has 1 aliphatic rings. The fourth-order valence-electron chi connectivity index (χ4n) is 4.07. The van der Waals surface area contributed by atoms with E-state index in [9.17, 15) is 9.59 Å². The molecule has 0 saturated carbocycles. The number of carbonyl (C=O) groups is 2. The van der Waals surface area contributed by atoms with Crippen LogP contribution < -0.4 is 0 Å². The average Bonchev–Trinajstić information content (AvgIpc) is 2.67. The number of Topliss-reactive ketones (excluding diaryl/α,β-unsaturated/α-hetero) is 1. The van der Waals surface area contributed by atoms with Crippen LogP contribution in [0.15, 0.2) is 48.5 Å². The van der Waals surface area contributed by atoms with Crippen LogP contribution in [0, 0.1) is 19.3 Å². The molecule has 1 heterocycles. The Morgan fingerprint density at radius 3 is 2.57 bits per heavy atom. The van der Waals surface area contributed by atoms with Gasteiger partial charge in [-0.15, -0.1) is 0 Å². The minimum atomic E-state index is -1.14. The number of rotatable bonds is 6. The first kappa shape index (κ1) is 20.3. The van der Waals surface area contributed by atoms with Crippen LogP contribution in [-0.4, -0.2) is 36.3 Å². The zero-order chi connectivity index (χ0) is 20.1. The maximum atomic E-state index is 13.1. The summed E-state index contributed by atoms with van der Waals surface area (Å²) in [7, 11) is 0. The SMILES string of the molecule is CCOC(=O)C1(Cc2ccc(C)cc2C)CN(Cc2ccccc2)CCC1=O. The topological polar surface area (TPSA) is 46.6 Å². The van der Waals surface area contributed by atoms with Crippen molar-refractivity contribution >= 4 is 11.8 Å². The normalized spacial score (nSPS) is 20.2. The Balaban J connectivity index is 1.91. The molecule has 1 fully saturated rings. The molecule has 1 saturated heterocycles. The zero-order valence-corrected chi connectivity index (χ0v) is 17.0. The van der Waals surface area contributed by atoms with Crippen LogP contribution in [0.3, 0.4) is 0 Å². The fraction of sp³-hybridized carbons (Fsp3) is 0.417. The van der Waals surface area contributed by atoms with Crippen LogP contribution in [0.5, 0.6) is 0 Å². The summed E-state index contributed by atoms with van der Waals surface area (Å²) in [6, 6.07) is 16.3. The van der Waals surface area contributed by atoms with Gasteiger partial charge in [0.1, 0.15) is 5.41 Å². The van der Waals surface area contributed by atoms with Gasteiger partial charge in [0.2, 0.25) is 0 Å². The molecule has 1 atom stereocenters. The molecule has 0 aromatic heterocycles. The Labute approximate surface area is 167 Å². The van der Waals surface area contributed by atoms with Crippen LogP contribution in [0.2, 0.25) is 0 Å². The van der Waals surface area contributed by atoms with Gasteiger partial charge in [-0.2, -0.15) is 0 Å². The van der Waals surface area contributed by atoms with Gasteiger partial charge >= 0.3 is 5.97 Å². The van der Waals surface area contributed by atoms with Gasteiger partial charge in [0.25, 0.3) is 0 Å².